The second kappa shape index (κ2) is 7.92. The van der Waals surface area contributed by atoms with Gasteiger partial charge in [-0.25, -0.2) is 0 Å². The van der Waals surface area contributed by atoms with Crippen LogP contribution in [0.2, 0.25) is 5.02 Å². The number of alkyl halides is 6. The molecule has 0 fully saturated rings. The van der Waals surface area contributed by atoms with E-state index in [1.807, 2.05) is 0 Å². The minimum Gasteiger partial charge on any atom is -0.330 e. The molecule has 0 N–H and O–H groups in total. The Kier molecular flexibility index (Phi) is 6.71. The van der Waals surface area contributed by atoms with E-state index in [9.17, 15) is 31.1 Å². The minimum atomic E-state index is -4.67. The van der Waals surface area contributed by atoms with Gasteiger partial charge >= 0.3 is 12.4 Å². The van der Waals surface area contributed by atoms with Gasteiger partial charge in [0.25, 0.3) is 0 Å². The van der Waals surface area contributed by atoms with Crippen molar-refractivity contribution in [3.8, 4) is 0 Å². The summed E-state index contributed by atoms with van der Waals surface area (Å²) in [4.78, 5) is 12.4. The molecule has 0 aliphatic carbocycles. The number of hydrogen-bond donors (Lipinski definition) is 0. The Morgan fingerprint density at radius 3 is 2.33 bits per heavy atom. The molecule has 0 atom stereocenters. The zero-order valence-corrected chi connectivity index (χ0v) is 13.3. The predicted octanol–water partition coefficient (Wildman–Crippen LogP) is 5.17. The molecule has 0 saturated carbocycles. The highest BCUT2D eigenvalue weighted by Crippen LogP contribution is 2.35. The Balaban J connectivity index is 2.96. The van der Waals surface area contributed by atoms with E-state index in [-0.39, 0.29) is 12.1 Å². The van der Waals surface area contributed by atoms with Crippen LogP contribution in [0.15, 0.2) is 24.3 Å². The van der Waals surface area contributed by atoms with Gasteiger partial charge in [-0.15, -0.1) is 0 Å². The first-order valence-corrected chi connectivity index (χ1v) is 7.22. The van der Waals surface area contributed by atoms with Gasteiger partial charge in [0.05, 0.1) is 10.6 Å². The first kappa shape index (κ1) is 20.3. The maximum atomic E-state index is 12.7. The van der Waals surface area contributed by atoms with Crippen LogP contribution >= 0.6 is 11.6 Å². The Labute approximate surface area is 139 Å². The standard InChI is InChI=1S/C15H14ClF6NO/c1-2-7-23(9-14(17,18)19)13(24)6-4-10-3-5-12(16)11(8-10)15(20,21)22/h3-6,8H,2,7,9H2,1H3/b6-4+. The first-order chi connectivity index (χ1) is 10.9. The van der Waals surface area contributed by atoms with Crippen molar-refractivity contribution in [3.05, 3.63) is 40.4 Å². The lowest BCUT2D eigenvalue weighted by molar-refractivity contribution is -0.158. The topological polar surface area (TPSA) is 20.3 Å². The van der Waals surface area contributed by atoms with Crippen LogP contribution < -0.4 is 0 Å². The van der Waals surface area contributed by atoms with Crippen molar-refractivity contribution >= 4 is 23.6 Å². The Hall–Kier alpha value is -1.70. The third-order valence-electron chi connectivity index (χ3n) is 2.89. The van der Waals surface area contributed by atoms with Gasteiger partial charge in [0.1, 0.15) is 6.54 Å². The van der Waals surface area contributed by atoms with E-state index in [2.05, 4.69) is 0 Å². The Bertz CT molecular complexity index is 609. The van der Waals surface area contributed by atoms with Crippen LogP contribution in [0.4, 0.5) is 26.3 Å². The van der Waals surface area contributed by atoms with E-state index in [1.54, 1.807) is 6.92 Å². The van der Waals surface area contributed by atoms with E-state index >= 15 is 0 Å². The lowest BCUT2D eigenvalue weighted by Crippen LogP contribution is -2.38. The molecule has 0 unspecified atom stereocenters. The maximum Gasteiger partial charge on any atom is 0.417 e. The molecule has 0 aromatic heterocycles. The summed E-state index contributed by atoms with van der Waals surface area (Å²) < 4.78 is 75.5. The third-order valence-corrected chi connectivity index (χ3v) is 3.22. The number of halogens is 7. The molecule has 0 heterocycles. The highest BCUT2D eigenvalue weighted by Gasteiger charge is 2.33. The number of benzene rings is 1. The van der Waals surface area contributed by atoms with Gasteiger partial charge in [-0.05, 0) is 30.2 Å². The summed E-state index contributed by atoms with van der Waals surface area (Å²) in [5.41, 5.74) is -1.08. The molecule has 0 bridgehead atoms. The number of carbonyl (C=O) groups is 1. The molecule has 134 valence electrons. The second-order valence-corrected chi connectivity index (χ2v) is 5.35. The Morgan fingerprint density at radius 1 is 1.21 bits per heavy atom. The summed E-state index contributed by atoms with van der Waals surface area (Å²) in [5.74, 6) is -0.933. The summed E-state index contributed by atoms with van der Waals surface area (Å²) >= 11 is 5.46. The molecular weight excluding hydrogens is 360 g/mol. The van der Waals surface area contributed by atoms with Gasteiger partial charge in [-0.2, -0.15) is 26.3 Å². The molecular formula is C15H14ClF6NO. The molecule has 0 spiro atoms. The van der Waals surface area contributed by atoms with E-state index < -0.39 is 35.4 Å². The number of amides is 1. The van der Waals surface area contributed by atoms with E-state index in [0.29, 0.717) is 11.3 Å². The molecule has 1 aromatic carbocycles. The van der Waals surface area contributed by atoms with Crippen molar-refractivity contribution in [3.63, 3.8) is 0 Å². The normalized spacial score (nSPS) is 12.7. The van der Waals surface area contributed by atoms with Crippen molar-refractivity contribution in [2.45, 2.75) is 25.7 Å². The molecule has 0 radical (unpaired) electrons. The summed E-state index contributed by atoms with van der Waals surface area (Å²) in [7, 11) is 0. The van der Waals surface area contributed by atoms with Gasteiger partial charge in [-0.1, -0.05) is 24.6 Å². The summed E-state index contributed by atoms with van der Waals surface area (Å²) in [6.07, 6.45) is -7.08. The molecule has 0 aliphatic heterocycles. The Morgan fingerprint density at radius 2 is 1.83 bits per heavy atom. The van der Waals surface area contributed by atoms with Crippen molar-refractivity contribution in [2.24, 2.45) is 0 Å². The highest BCUT2D eigenvalue weighted by molar-refractivity contribution is 6.31. The van der Waals surface area contributed by atoms with Crippen molar-refractivity contribution in [1.82, 2.24) is 4.90 Å². The monoisotopic (exact) mass is 373 g/mol. The lowest BCUT2D eigenvalue weighted by atomic mass is 10.1. The smallest absolute Gasteiger partial charge is 0.330 e. The molecule has 1 rings (SSSR count). The zero-order chi connectivity index (χ0) is 18.5. The van der Waals surface area contributed by atoms with Crippen molar-refractivity contribution in [1.29, 1.82) is 0 Å². The molecule has 24 heavy (non-hydrogen) atoms. The van der Waals surface area contributed by atoms with Gasteiger partial charge in [0.15, 0.2) is 0 Å². The molecule has 1 aromatic rings. The summed E-state index contributed by atoms with van der Waals surface area (Å²) in [5, 5.41) is -0.504. The SMILES string of the molecule is CCCN(CC(F)(F)F)C(=O)/C=C/c1ccc(Cl)c(C(F)(F)F)c1. The zero-order valence-electron chi connectivity index (χ0n) is 12.5. The van der Waals surface area contributed by atoms with Crippen LogP contribution in [0.25, 0.3) is 6.08 Å². The number of nitrogens with zero attached hydrogens (tertiary/aromatic N) is 1. The number of rotatable bonds is 5. The summed E-state index contributed by atoms with van der Waals surface area (Å²) in [6.45, 7) is 0.0741. The fourth-order valence-electron chi connectivity index (χ4n) is 1.89. The molecule has 2 nitrogen and oxygen atoms in total. The van der Waals surface area contributed by atoms with E-state index in [4.69, 9.17) is 11.6 Å². The molecule has 0 saturated heterocycles. The first-order valence-electron chi connectivity index (χ1n) is 6.84. The van der Waals surface area contributed by atoms with Crippen molar-refractivity contribution in [2.75, 3.05) is 13.1 Å². The van der Waals surface area contributed by atoms with Gasteiger partial charge in [0.2, 0.25) is 5.91 Å². The van der Waals surface area contributed by atoms with Crippen LogP contribution in [0.3, 0.4) is 0 Å². The molecule has 9 heteroatoms. The van der Waals surface area contributed by atoms with E-state index in [1.165, 1.54) is 6.07 Å². The largest absolute Gasteiger partial charge is 0.417 e. The third kappa shape index (κ3) is 6.43. The van der Waals surface area contributed by atoms with Crippen LogP contribution in [0.5, 0.6) is 0 Å². The fourth-order valence-corrected chi connectivity index (χ4v) is 2.11. The second-order valence-electron chi connectivity index (χ2n) is 4.95. The average Bonchev–Trinajstić information content (AvgIpc) is 2.43. The van der Waals surface area contributed by atoms with Crippen molar-refractivity contribution < 1.29 is 31.1 Å². The quantitative estimate of drug-likeness (QED) is 0.515. The van der Waals surface area contributed by atoms with E-state index in [0.717, 1.165) is 24.3 Å². The summed E-state index contributed by atoms with van der Waals surface area (Å²) in [6, 6.07) is 2.96. The molecule has 0 aliphatic rings. The number of hydrogen-bond acceptors (Lipinski definition) is 1. The van der Waals surface area contributed by atoms with Crippen LogP contribution in [0, 0.1) is 0 Å². The van der Waals surface area contributed by atoms with Crippen LogP contribution in [-0.2, 0) is 11.0 Å². The highest BCUT2D eigenvalue weighted by atomic mass is 35.5. The van der Waals surface area contributed by atoms with Gasteiger partial charge in [0, 0.05) is 12.6 Å². The predicted molar refractivity (Wildman–Crippen MR) is 78.4 cm³/mol. The number of carbonyl (C=O) groups excluding carboxylic acids is 1. The fraction of sp³-hybridized carbons (Fsp3) is 0.400. The molecule has 1 amide bonds. The van der Waals surface area contributed by atoms with Gasteiger partial charge in [-0.3, -0.25) is 4.79 Å². The van der Waals surface area contributed by atoms with Crippen LogP contribution in [0.1, 0.15) is 24.5 Å². The minimum absolute atomic E-state index is 0.00327. The van der Waals surface area contributed by atoms with Gasteiger partial charge < -0.3 is 4.90 Å². The lowest BCUT2D eigenvalue weighted by Gasteiger charge is -2.21. The average molecular weight is 374 g/mol. The maximum absolute atomic E-state index is 12.7. The van der Waals surface area contributed by atoms with Crippen LogP contribution in [-0.4, -0.2) is 30.1 Å².